The molecule has 1 saturated carbocycles. The van der Waals surface area contributed by atoms with Gasteiger partial charge in [-0.15, -0.1) is 0 Å². The molecule has 2 amide bonds. The fourth-order valence-corrected chi connectivity index (χ4v) is 1.71. The summed E-state index contributed by atoms with van der Waals surface area (Å²) in [5, 5.41) is 10.6. The lowest BCUT2D eigenvalue weighted by Gasteiger charge is -2.26. The summed E-state index contributed by atoms with van der Waals surface area (Å²) in [5.41, 5.74) is 0. The number of amides is 2. The van der Waals surface area contributed by atoms with Gasteiger partial charge in [0, 0.05) is 13.6 Å². The lowest BCUT2D eigenvalue weighted by atomic mass is 10.1. The largest absolute Gasteiger partial charge is 0.481 e. The highest BCUT2D eigenvalue weighted by Gasteiger charge is 2.49. The molecule has 110 valence electrons. The quantitative estimate of drug-likeness (QED) is 0.806. The Balaban J connectivity index is 2.54. The maximum atomic E-state index is 12.7. The second-order valence-electron chi connectivity index (χ2n) is 4.93. The number of alkyl halides is 3. The SMILES string of the molecule is CC(CN(C)C(=O)NC(C1CC1)C(F)(F)F)C(=O)O. The Morgan fingerprint density at radius 2 is 1.95 bits per heavy atom. The number of nitrogens with zero attached hydrogens (tertiary/aromatic N) is 1. The minimum atomic E-state index is -4.48. The minimum Gasteiger partial charge on any atom is -0.481 e. The van der Waals surface area contributed by atoms with Crippen molar-refractivity contribution in [3.05, 3.63) is 0 Å². The molecule has 1 rings (SSSR count). The Bertz CT molecular complexity index is 356. The van der Waals surface area contributed by atoms with Gasteiger partial charge in [-0.25, -0.2) is 4.79 Å². The molecule has 1 fully saturated rings. The third-order valence-electron chi connectivity index (χ3n) is 3.04. The van der Waals surface area contributed by atoms with E-state index in [1.165, 1.54) is 14.0 Å². The van der Waals surface area contributed by atoms with E-state index in [0.29, 0.717) is 12.8 Å². The predicted molar refractivity (Wildman–Crippen MR) is 60.5 cm³/mol. The molecule has 0 bridgehead atoms. The third-order valence-corrected chi connectivity index (χ3v) is 3.04. The topological polar surface area (TPSA) is 69.6 Å². The van der Waals surface area contributed by atoms with E-state index >= 15 is 0 Å². The van der Waals surface area contributed by atoms with Crippen molar-refractivity contribution < 1.29 is 27.9 Å². The zero-order valence-corrected chi connectivity index (χ0v) is 10.7. The fourth-order valence-electron chi connectivity index (χ4n) is 1.71. The molecule has 0 aromatic rings. The lowest BCUT2D eigenvalue weighted by molar-refractivity contribution is -0.158. The van der Waals surface area contributed by atoms with Gasteiger partial charge in [-0.05, 0) is 18.8 Å². The molecule has 2 atom stereocenters. The normalized spacial score (nSPS) is 18.6. The van der Waals surface area contributed by atoms with Gasteiger partial charge in [-0.1, -0.05) is 6.92 Å². The Kier molecular flexibility index (Phi) is 4.65. The van der Waals surface area contributed by atoms with Crippen LogP contribution in [-0.2, 0) is 4.79 Å². The molecule has 0 aromatic carbocycles. The molecule has 2 N–H and O–H groups in total. The molecule has 0 saturated heterocycles. The average molecular weight is 282 g/mol. The molecule has 0 aliphatic heterocycles. The smallest absolute Gasteiger partial charge is 0.408 e. The van der Waals surface area contributed by atoms with Crippen molar-refractivity contribution >= 4 is 12.0 Å². The van der Waals surface area contributed by atoms with Gasteiger partial charge in [0.05, 0.1) is 5.92 Å². The number of hydrogen-bond donors (Lipinski definition) is 2. The molecule has 0 heterocycles. The van der Waals surface area contributed by atoms with Gasteiger partial charge >= 0.3 is 18.2 Å². The van der Waals surface area contributed by atoms with Crippen LogP contribution in [0.2, 0.25) is 0 Å². The lowest BCUT2D eigenvalue weighted by Crippen LogP contribution is -2.51. The van der Waals surface area contributed by atoms with Crippen LogP contribution in [0.1, 0.15) is 19.8 Å². The molecule has 1 aliphatic carbocycles. The van der Waals surface area contributed by atoms with Gasteiger partial charge < -0.3 is 15.3 Å². The summed E-state index contributed by atoms with van der Waals surface area (Å²) in [5.74, 6) is -2.50. The van der Waals surface area contributed by atoms with Crippen molar-refractivity contribution in [1.29, 1.82) is 0 Å². The molecule has 5 nitrogen and oxygen atoms in total. The van der Waals surface area contributed by atoms with E-state index in [4.69, 9.17) is 5.11 Å². The van der Waals surface area contributed by atoms with E-state index in [9.17, 15) is 22.8 Å². The van der Waals surface area contributed by atoms with Crippen LogP contribution in [0, 0.1) is 11.8 Å². The van der Waals surface area contributed by atoms with Gasteiger partial charge in [0.1, 0.15) is 6.04 Å². The summed E-state index contributed by atoms with van der Waals surface area (Å²) in [7, 11) is 1.27. The molecule has 0 spiro atoms. The third kappa shape index (κ3) is 4.60. The maximum absolute atomic E-state index is 12.7. The van der Waals surface area contributed by atoms with E-state index in [0.717, 1.165) is 4.90 Å². The van der Waals surface area contributed by atoms with Crippen molar-refractivity contribution in [2.45, 2.75) is 32.0 Å². The summed E-state index contributed by atoms with van der Waals surface area (Å²) in [6.07, 6.45) is -3.59. The number of nitrogens with one attached hydrogen (secondary N) is 1. The first-order valence-electron chi connectivity index (χ1n) is 5.94. The number of carbonyl (C=O) groups excluding carboxylic acids is 1. The summed E-state index contributed by atoms with van der Waals surface area (Å²) in [6.45, 7) is 1.24. The maximum Gasteiger partial charge on any atom is 0.408 e. The zero-order valence-electron chi connectivity index (χ0n) is 10.7. The van der Waals surface area contributed by atoms with Crippen molar-refractivity contribution in [3.63, 3.8) is 0 Å². The monoisotopic (exact) mass is 282 g/mol. The number of carboxylic acid groups (broad SMARTS) is 1. The number of urea groups is 1. The van der Waals surface area contributed by atoms with Crippen LogP contribution in [0.3, 0.4) is 0 Å². The van der Waals surface area contributed by atoms with Gasteiger partial charge in [-0.2, -0.15) is 13.2 Å². The van der Waals surface area contributed by atoms with E-state index in [1.807, 2.05) is 5.32 Å². The molecule has 0 radical (unpaired) electrons. The van der Waals surface area contributed by atoms with Gasteiger partial charge in [0.25, 0.3) is 0 Å². The highest BCUT2D eigenvalue weighted by Crippen LogP contribution is 2.40. The fraction of sp³-hybridized carbons (Fsp3) is 0.818. The molecular weight excluding hydrogens is 265 g/mol. The molecule has 2 unspecified atom stereocenters. The molecule has 1 aliphatic rings. The Morgan fingerprint density at radius 3 is 2.32 bits per heavy atom. The van der Waals surface area contributed by atoms with Crippen LogP contribution in [0.4, 0.5) is 18.0 Å². The van der Waals surface area contributed by atoms with E-state index in [1.54, 1.807) is 0 Å². The van der Waals surface area contributed by atoms with Crippen LogP contribution in [0.5, 0.6) is 0 Å². The van der Waals surface area contributed by atoms with Crippen LogP contribution in [0.15, 0.2) is 0 Å². The van der Waals surface area contributed by atoms with Gasteiger partial charge in [0.2, 0.25) is 0 Å². The summed E-state index contributed by atoms with van der Waals surface area (Å²) < 4.78 is 38.1. The van der Waals surface area contributed by atoms with E-state index in [-0.39, 0.29) is 6.54 Å². The standard InChI is InChI=1S/C11H17F3N2O3/c1-6(9(17)18)5-16(2)10(19)15-8(7-3-4-7)11(12,13)14/h6-8H,3-5H2,1-2H3,(H,15,19)(H,17,18). The van der Waals surface area contributed by atoms with Crippen LogP contribution >= 0.6 is 0 Å². The average Bonchev–Trinajstić information content (AvgIpc) is 3.07. The van der Waals surface area contributed by atoms with Crippen LogP contribution in [0.25, 0.3) is 0 Å². The number of carboxylic acids is 1. The van der Waals surface area contributed by atoms with Crippen molar-refractivity contribution in [1.82, 2.24) is 10.2 Å². The molecule has 0 aromatic heterocycles. The number of aliphatic carboxylic acids is 1. The zero-order chi connectivity index (χ0) is 14.8. The van der Waals surface area contributed by atoms with Gasteiger partial charge in [-0.3, -0.25) is 4.79 Å². The first-order chi connectivity index (χ1) is 8.62. The Hall–Kier alpha value is -1.47. The van der Waals surface area contributed by atoms with Crippen molar-refractivity contribution in [2.24, 2.45) is 11.8 Å². The second-order valence-corrected chi connectivity index (χ2v) is 4.93. The Labute approximate surface area is 108 Å². The predicted octanol–water partition coefficient (Wildman–Crippen LogP) is 1.69. The molecular formula is C11H17F3N2O3. The molecule has 19 heavy (non-hydrogen) atoms. The summed E-state index contributed by atoms with van der Waals surface area (Å²) in [4.78, 5) is 23.2. The van der Waals surface area contributed by atoms with Gasteiger partial charge in [0.15, 0.2) is 0 Å². The first-order valence-corrected chi connectivity index (χ1v) is 5.94. The number of rotatable bonds is 5. The van der Waals surface area contributed by atoms with E-state index in [2.05, 4.69) is 0 Å². The van der Waals surface area contributed by atoms with Crippen molar-refractivity contribution in [2.75, 3.05) is 13.6 Å². The molecule has 8 heteroatoms. The number of halogens is 3. The highest BCUT2D eigenvalue weighted by atomic mass is 19.4. The van der Waals surface area contributed by atoms with Crippen LogP contribution < -0.4 is 5.32 Å². The number of hydrogen-bond acceptors (Lipinski definition) is 2. The van der Waals surface area contributed by atoms with Crippen LogP contribution in [-0.4, -0.2) is 47.8 Å². The second kappa shape index (κ2) is 5.66. The van der Waals surface area contributed by atoms with Crippen molar-refractivity contribution in [3.8, 4) is 0 Å². The first kappa shape index (κ1) is 15.6. The number of carbonyl (C=O) groups is 2. The van der Waals surface area contributed by atoms with E-state index < -0.39 is 36.1 Å². The summed E-state index contributed by atoms with van der Waals surface area (Å²) >= 11 is 0. The highest BCUT2D eigenvalue weighted by molar-refractivity contribution is 5.76. The summed E-state index contributed by atoms with van der Waals surface area (Å²) in [6, 6.07) is -2.75. The Morgan fingerprint density at radius 1 is 1.42 bits per heavy atom. The minimum absolute atomic E-state index is 0.142.